The number of carbonyl (C=O) groups is 2. The highest BCUT2D eigenvalue weighted by atomic mass is 35.5. The molecule has 3 aromatic rings. The fourth-order valence-corrected chi connectivity index (χ4v) is 5.18. The van der Waals surface area contributed by atoms with Crippen molar-refractivity contribution in [2.45, 2.75) is 51.1 Å². The van der Waals surface area contributed by atoms with E-state index in [1.165, 1.54) is 11.8 Å². The molecule has 0 bridgehead atoms. The third-order valence-electron chi connectivity index (χ3n) is 5.96. The number of nitrogens with zero attached hydrogens (tertiary/aromatic N) is 1. The number of hydrogen-bond donors (Lipinski definition) is 1. The molecule has 0 aliphatic rings. The third-order valence-corrected chi connectivity index (χ3v) is 7.53. The SMILES string of the molecule is CCC(C)NC(=O)C(Cc1ccccc1)N(Cc1cccc(Cl)c1)C(=O)CSCc1ccccc1Cl. The van der Waals surface area contributed by atoms with E-state index in [0.717, 1.165) is 23.1 Å². The van der Waals surface area contributed by atoms with Crippen LogP contribution in [0.3, 0.4) is 0 Å². The Morgan fingerprint density at radius 1 is 0.944 bits per heavy atom. The Morgan fingerprint density at radius 3 is 2.33 bits per heavy atom. The molecule has 0 aliphatic heterocycles. The van der Waals surface area contributed by atoms with Gasteiger partial charge >= 0.3 is 0 Å². The summed E-state index contributed by atoms with van der Waals surface area (Å²) in [5.41, 5.74) is 2.85. The minimum Gasteiger partial charge on any atom is -0.352 e. The van der Waals surface area contributed by atoms with Gasteiger partial charge in [-0.2, -0.15) is 0 Å². The van der Waals surface area contributed by atoms with Crippen LogP contribution in [0.2, 0.25) is 10.0 Å². The van der Waals surface area contributed by atoms with Crippen LogP contribution in [-0.4, -0.2) is 34.6 Å². The van der Waals surface area contributed by atoms with E-state index in [1.807, 2.05) is 86.6 Å². The molecule has 1 N–H and O–H groups in total. The molecule has 0 radical (unpaired) electrons. The van der Waals surface area contributed by atoms with Gasteiger partial charge in [0.1, 0.15) is 6.04 Å². The van der Waals surface area contributed by atoms with E-state index in [1.54, 1.807) is 11.0 Å². The molecular formula is C29H32Cl2N2O2S. The maximum atomic E-state index is 13.7. The Kier molecular flexibility index (Phi) is 11.2. The molecule has 0 aliphatic carbocycles. The lowest BCUT2D eigenvalue weighted by Crippen LogP contribution is -2.52. The summed E-state index contributed by atoms with van der Waals surface area (Å²) in [4.78, 5) is 28.9. The molecule has 2 atom stereocenters. The van der Waals surface area contributed by atoms with E-state index in [2.05, 4.69) is 5.32 Å². The van der Waals surface area contributed by atoms with E-state index in [9.17, 15) is 9.59 Å². The van der Waals surface area contributed by atoms with Gasteiger partial charge in [-0.05, 0) is 48.2 Å². The number of amides is 2. The van der Waals surface area contributed by atoms with Crippen molar-refractivity contribution in [3.8, 4) is 0 Å². The average Bonchev–Trinajstić information content (AvgIpc) is 2.87. The molecule has 190 valence electrons. The quantitative estimate of drug-likeness (QED) is 0.274. The summed E-state index contributed by atoms with van der Waals surface area (Å²) in [7, 11) is 0. The first kappa shape index (κ1) is 28.1. The highest BCUT2D eigenvalue weighted by Crippen LogP contribution is 2.23. The second-order valence-corrected chi connectivity index (χ2v) is 10.6. The van der Waals surface area contributed by atoms with Gasteiger partial charge in [0.05, 0.1) is 5.75 Å². The van der Waals surface area contributed by atoms with Crippen molar-refractivity contribution >= 4 is 46.8 Å². The Bertz CT molecular complexity index is 1140. The zero-order chi connectivity index (χ0) is 25.9. The van der Waals surface area contributed by atoms with Gasteiger partial charge in [-0.1, -0.05) is 90.8 Å². The first-order valence-electron chi connectivity index (χ1n) is 12.1. The van der Waals surface area contributed by atoms with Gasteiger partial charge in [-0.15, -0.1) is 11.8 Å². The molecule has 0 saturated carbocycles. The topological polar surface area (TPSA) is 49.4 Å². The maximum Gasteiger partial charge on any atom is 0.243 e. The molecule has 7 heteroatoms. The number of thioether (sulfide) groups is 1. The number of benzene rings is 3. The summed E-state index contributed by atoms with van der Waals surface area (Å²) in [6, 6.07) is 24.2. The van der Waals surface area contributed by atoms with Crippen molar-refractivity contribution in [3.05, 3.63) is 106 Å². The number of hydrogen-bond acceptors (Lipinski definition) is 3. The molecule has 0 saturated heterocycles. The lowest BCUT2D eigenvalue weighted by molar-refractivity contribution is -0.139. The molecule has 0 heterocycles. The molecule has 2 amide bonds. The highest BCUT2D eigenvalue weighted by Gasteiger charge is 2.31. The zero-order valence-corrected chi connectivity index (χ0v) is 23.0. The summed E-state index contributed by atoms with van der Waals surface area (Å²) in [6.45, 7) is 4.29. The van der Waals surface area contributed by atoms with Crippen LogP contribution in [0.5, 0.6) is 0 Å². The molecule has 4 nitrogen and oxygen atoms in total. The van der Waals surface area contributed by atoms with Crippen molar-refractivity contribution in [3.63, 3.8) is 0 Å². The van der Waals surface area contributed by atoms with Gasteiger partial charge < -0.3 is 10.2 Å². The smallest absolute Gasteiger partial charge is 0.243 e. The van der Waals surface area contributed by atoms with E-state index in [0.29, 0.717) is 22.2 Å². The fraction of sp³-hybridized carbons (Fsp3) is 0.310. The highest BCUT2D eigenvalue weighted by molar-refractivity contribution is 7.99. The predicted octanol–water partition coefficient (Wildman–Crippen LogP) is 6.78. The molecule has 0 spiro atoms. The second kappa shape index (κ2) is 14.3. The van der Waals surface area contributed by atoms with Crippen LogP contribution in [-0.2, 0) is 28.3 Å². The van der Waals surface area contributed by atoms with Gasteiger partial charge in [0.15, 0.2) is 0 Å². The first-order valence-corrected chi connectivity index (χ1v) is 14.0. The summed E-state index contributed by atoms with van der Waals surface area (Å²) in [5, 5.41) is 4.37. The van der Waals surface area contributed by atoms with Crippen LogP contribution in [0.25, 0.3) is 0 Å². The molecule has 0 aromatic heterocycles. The zero-order valence-electron chi connectivity index (χ0n) is 20.6. The van der Waals surface area contributed by atoms with Crippen molar-refractivity contribution in [1.29, 1.82) is 0 Å². The number of nitrogens with one attached hydrogen (secondary N) is 1. The van der Waals surface area contributed by atoms with Crippen LogP contribution in [0.15, 0.2) is 78.9 Å². The number of halogens is 2. The monoisotopic (exact) mass is 542 g/mol. The van der Waals surface area contributed by atoms with Crippen LogP contribution < -0.4 is 5.32 Å². The maximum absolute atomic E-state index is 13.7. The molecule has 2 unspecified atom stereocenters. The summed E-state index contributed by atoms with van der Waals surface area (Å²) in [6.07, 6.45) is 1.23. The lowest BCUT2D eigenvalue weighted by Gasteiger charge is -2.32. The van der Waals surface area contributed by atoms with Gasteiger partial charge in [-0.25, -0.2) is 0 Å². The summed E-state index contributed by atoms with van der Waals surface area (Å²) >= 11 is 14.0. The molecule has 3 rings (SSSR count). The van der Waals surface area contributed by atoms with E-state index >= 15 is 0 Å². The van der Waals surface area contributed by atoms with Gasteiger partial charge in [0.2, 0.25) is 11.8 Å². The minimum absolute atomic E-state index is 0.00786. The van der Waals surface area contributed by atoms with Gasteiger partial charge in [-0.3, -0.25) is 9.59 Å². The molecule has 3 aromatic carbocycles. The summed E-state index contributed by atoms with van der Waals surface area (Å²) in [5.74, 6) is 0.582. The standard InChI is InChI=1S/C29H32Cl2N2O2S/c1-3-21(2)32-29(35)27(17-22-10-5-4-6-11-22)33(18-23-12-9-14-25(30)16-23)28(34)20-36-19-24-13-7-8-15-26(24)31/h4-16,21,27H,3,17-20H2,1-2H3,(H,32,35). The number of carbonyl (C=O) groups excluding carboxylic acids is 2. The molecule has 36 heavy (non-hydrogen) atoms. The number of rotatable bonds is 12. The van der Waals surface area contributed by atoms with E-state index < -0.39 is 6.04 Å². The normalized spacial score (nSPS) is 12.6. The van der Waals surface area contributed by atoms with Crippen molar-refractivity contribution in [2.24, 2.45) is 0 Å². The van der Waals surface area contributed by atoms with E-state index in [4.69, 9.17) is 23.2 Å². The third kappa shape index (κ3) is 8.58. The molecule has 0 fully saturated rings. The van der Waals surface area contributed by atoms with Crippen LogP contribution in [0.1, 0.15) is 37.0 Å². The largest absolute Gasteiger partial charge is 0.352 e. The molecular weight excluding hydrogens is 511 g/mol. The Labute approximate surface area is 228 Å². The minimum atomic E-state index is -0.659. The second-order valence-electron chi connectivity index (χ2n) is 8.76. The van der Waals surface area contributed by atoms with Crippen molar-refractivity contribution in [1.82, 2.24) is 10.2 Å². The summed E-state index contributed by atoms with van der Waals surface area (Å²) < 4.78 is 0. The van der Waals surface area contributed by atoms with Gasteiger partial charge in [0, 0.05) is 34.8 Å². The predicted molar refractivity (Wildman–Crippen MR) is 151 cm³/mol. The first-order chi connectivity index (χ1) is 17.4. The lowest BCUT2D eigenvalue weighted by atomic mass is 10.0. The van der Waals surface area contributed by atoms with Gasteiger partial charge in [0.25, 0.3) is 0 Å². The van der Waals surface area contributed by atoms with Crippen LogP contribution >= 0.6 is 35.0 Å². The Hall–Kier alpha value is -2.47. The van der Waals surface area contributed by atoms with Crippen LogP contribution in [0.4, 0.5) is 0 Å². The van der Waals surface area contributed by atoms with Crippen LogP contribution in [0, 0.1) is 0 Å². The average molecular weight is 544 g/mol. The Morgan fingerprint density at radius 2 is 1.64 bits per heavy atom. The van der Waals surface area contributed by atoms with Crippen molar-refractivity contribution in [2.75, 3.05) is 5.75 Å². The Balaban J connectivity index is 1.86. The van der Waals surface area contributed by atoms with E-state index in [-0.39, 0.29) is 30.2 Å². The fourth-order valence-electron chi connectivity index (χ4n) is 3.77. The van der Waals surface area contributed by atoms with Crippen molar-refractivity contribution < 1.29 is 9.59 Å².